The summed E-state index contributed by atoms with van der Waals surface area (Å²) in [6, 6.07) is 6.45. The first-order valence-corrected chi connectivity index (χ1v) is 11.1. The Kier molecular flexibility index (Phi) is 5.75. The van der Waals surface area contributed by atoms with E-state index in [1.165, 1.54) is 17.5 Å². The van der Waals surface area contributed by atoms with Crippen molar-refractivity contribution in [2.45, 2.75) is 76.9 Å². The molecule has 3 aliphatic rings. The van der Waals surface area contributed by atoms with Crippen molar-refractivity contribution in [1.82, 2.24) is 9.97 Å². The van der Waals surface area contributed by atoms with Crippen molar-refractivity contribution in [1.29, 1.82) is 0 Å². The van der Waals surface area contributed by atoms with E-state index in [1.54, 1.807) is 6.92 Å². The molecule has 0 amide bonds. The van der Waals surface area contributed by atoms with Gasteiger partial charge in [-0.2, -0.15) is 0 Å². The van der Waals surface area contributed by atoms with E-state index in [-0.39, 0.29) is 5.54 Å². The Morgan fingerprint density at radius 1 is 1.10 bits per heavy atom. The highest BCUT2D eigenvalue weighted by Gasteiger charge is 2.40. The Balaban J connectivity index is 0.000000535. The van der Waals surface area contributed by atoms with Gasteiger partial charge in [-0.3, -0.25) is 0 Å². The van der Waals surface area contributed by atoms with Crippen molar-refractivity contribution in [2.75, 3.05) is 18.0 Å². The van der Waals surface area contributed by atoms with Crippen molar-refractivity contribution in [3.05, 3.63) is 40.6 Å². The van der Waals surface area contributed by atoms with Gasteiger partial charge < -0.3 is 10.6 Å². The summed E-state index contributed by atoms with van der Waals surface area (Å²) in [5.41, 5.74) is 11.0. The number of hydrogen-bond acceptors (Lipinski definition) is 4. The summed E-state index contributed by atoms with van der Waals surface area (Å²) in [5.74, 6) is 0.678. The molecule has 1 unspecified atom stereocenters. The number of nitrogens with zero attached hydrogens (tertiary/aromatic N) is 3. The van der Waals surface area contributed by atoms with Crippen LogP contribution in [-0.4, -0.2) is 29.5 Å². The van der Waals surface area contributed by atoms with Gasteiger partial charge in [0, 0.05) is 29.8 Å². The Morgan fingerprint density at radius 3 is 2.29 bits per heavy atom. The molecule has 2 aromatic rings. The first-order chi connectivity index (χ1) is 14.6. The molecule has 1 aliphatic heterocycles. The molecule has 5 rings (SSSR count). The summed E-state index contributed by atoms with van der Waals surface area (Å²) >= 11 is 0. The number of aryl methyl sites for hydroxylation is 1. The summed E-state index contributed by atoms with van der Waals surface area (Å²) in [6.45, 7) is 6.52. The number of hydrogen-bond donors (Lipinski definition) is 1. The topological polar surface area (TPSA) is 55.0 Å². The molecule has 168 valence electrons. The number of alkyl halides is 3. The van der Waals surface area contributed by atoms with Gasteiger partial charge in [0.05, 0.1) is 11.4 Å². The molecule has 2 heterocycles. The standard InChI is InChI=1S/C22H27FN4.C2H4F2/c1-14-13-15(5-6-17(14)22(24)8-3-9-22)18-16-7-10-21(2,23)19(16)26-20(25-18)27-11-4-12-27;1-2(3)4/h5-6,13H,3-4,7-12,24H2,1-2H3;2H,1H3. The average molecular weight is 433 g/mol. The maximum Gasteiger partial charge on any atom is 0.235 e. The lowest BCUT2D eigenvalue weighted by atomic mass is 9.71. The Morgan fingerprint density at radius 2 is 1.77 bits per heavy atom. The van der Waals surface area contributed by atoms with E-state index in [0.29, 0.717) is 24.5 Å². The molecule has 1 saturated carbocycles. The van der Waals surface area contributed by atoms with Gasteiger partial charge in [-0.05, 0) is 76.5 Å². The zero-order chi connectivity index (χ0) is 22.4. The monoisotopic (exact) mass is 432 g/mol. The molecule has 7 heteroatoms. The van der Waals surface area contributed by atoms with E-state index in [9.17, 15) is 8.78 Å². The normalized spacial score (nSPS) is 23.5. The third-order valence-corrected chi connectivity index (χ3v) is 6.75. The summed E-state index contributed by atoms with van der Waals surface area (Å²) in [7, 11) is 0. The minimum Gasteiger partial charge on any atom is -0.341 e. The van der Waals surface area contributed by atoms with E-state index in [1.807, 2.05) is 0 Å². The second-order valence-electron chi connectivity index (χ2n) is 9.30. The van der Waals surface area contributed by atoms with Gasteiger partial charge >= 0.3 is 0 Å². The third kappa shape index (κ3) is 4.16. The fourth-order valence-electron chi connectivity index (χ4n) is 4.71. The zero-order valence-electron chi connectivity index (χ0n) is 18.5. The van der Waals surface area contributed by atoms with Gasteiger partial charge in [-0.15, -0.1) is 0 Å². The van der Waals surface area contributed by atoms with Crippen molar-refractivity contribution in [3.63, 3.8) is 0 Å². The molecular formula is C24H31F3N4. The van der Waals surface area contributed by atoms with Crippen LogP contribution in [0.1, 0.15) is 68.3 Å². The quantitative estimate of drug-likeness (QED) is 0.705. The van der Waals surface area contributed by atoms with Crippen LogP contribution in [0.4, 0.5) is 19.1 Å². The molecule has 0 bridgehead atoms. The van der Waals surface area contributed by atoms with E-state index in [4.69, 9.17) is 10.7 Å². The number of rotatable bonds is 3. The predicted molar refractivity (Wildman–Crippen MR) is 117 cm³/mol. The number of fused-ring (bicyclic) bond motifs is 1. The highest BCUT2D eigenvalue weighted by atomic mass is 19.3. The lowest BCUT2D eigenvalue weighted by Crippen LogP contribution is -2.43. The summed E-state index contributed by atoms with van der Waals surface area (Å²) in [4.78, 5) is 11.7. The Bertz CT molecular complexity index is 963. The van der Waals surface area contributed by atoms with Crippen LogP contribution in [0.15, 0.2) is 18.2 Å². The zero-order valence-corrected chi connectivity index (χ0v) is 18.5. The van der Waals surface area contributed by atoms with Crippen molar-refractivity contribution >= 4 is 5.95 Å². The molecule has 0 spiro atoms. The van der Waals surface area contributed by atoms with Gasteiger partial charge in [-0.1, -0.05) is 12.1 Å². The van der Waals surface area contributed by atoms with Crippen LogP contribution in [-0.2, 0) is 17.6 Å². The highest BCUT2D eigenvalue weighted by molar-refractivity contribution is 5.69. The van der Waals surface area contributed by atoms with Gasteiger partial charge in [0.15, 0.2) is 5.67 Å². The predicted octanol–water partition coefficient (Wildman–Crippen LogP) is 5.40. The number of benzene rings is 1. The van der Waals surface area contributed by atoms with Gasteiger partial charge in [0.25, 0.3) is 0 Å². The second kappa shape index (κ2) is 8.08. The number of aromatic nitrogens is 2. The van der Waals surface area contributed by atoms with Crippen molar-refractivity contribution < 1.29 is 13.2 Å². The summed E-state index contributed by atoms with van der Waals surface area (Å²) in [6.07, 6.45) is 3.46. The van der Waals surface area contributed by atoms with Crippen LogP contribution in [0.3, 0.4) is 0 Å². The minimum absolute atomic E-state index is 0.170. The molecule has 0 radical (unpaired) electrons. The molecule has 2 fully saturated rings. The van der Waals surface area contributed by atoms with Crippen molar-refractivity contribution in [2.24, 2.45) is 5.73 Å². The molecule has 2 N–H and O–H groups in total. The van der Waals surface area contributed by atoms with Crippen LogP contribution >= 0.6 is 0 Å². The van der Waals surface area contributed by atoms with E-state index in [0.717, 1.165) is 56.1 Å². The second-order valence-corrected chi connectivity index (χ2v) is 9.30. The SMILES string of the molecule is CC(F)F.Cc1cc(-c2nc(N3CCC3)nc3c2CCC3(C)F)ccc1C1(N)CCC1. The first-order valence-electron chi connectivity index (χ1n) is 11.1. The number of nitrogens with two attached hydrogens (primary N) is 1. The fourth-order valence-corrected chi connectivity index (χ4v) is 4.71. The molecule has 1 saturated heterocycles. The molecule has 2 aliphatic carbocycles. The minimum atomic E-state index is -2.17. The maximum atomic E-state index is 15.1. The molecule has 31 heavy (non-hydrogen) atoms. The first kappa shape index (κ1) is 22.1. The van der Waals surface area contributed by atoms with Gasteiger partial charge in [0.1, 0.15) is 0 Å². The molecule has 1 aromatic carbocycles. The molecule has 4 nitrogen and oxygen atoms in total. The van der Waals surface area contributed by atoms with E-state index < -0.39 is 12.1 Å². The number of anilines is 1. The summed E-state index contributed by atoms with van der Waals surface area (Å²) < 4.78 is 35.8. The van der Waals surface area contributed by atoms with Gasteiger partial charge in [-0.25, -0.2) is 23.1 Å². The third-order valence-electron chi connectivity index (χ3n) is 6.75. The lowest BCUT2D eigenvalue weighted by molar-refractivity contribution is 0.171. The molecular weight excluding hydrogens is 401 g/mol. The largest absolute Gasteiger partial charge is 0.341 e. The Labute approximate surface area is 182 Å². The lowest BCUT2D eigenvalue weighted by Gasteiger charge is -2.39. The Hall–Kier alpha value is -2.15. The summed E-state index contributed by atoms with van der Waals surface area (Å²) in [5, 5.41) is 0. The van der Waals surface area contributed by atoms with Gasteiger partial charge in [0.2, 0.25) is 12.4 Å². The molecule has 1 aromatic heterocycles. The van der Waals surface area contributed by atoms with Crippen LogP contribution in [0.5, 0.6) is 0 Å². The van der Waals surface area contributed by atoms with Crippen LogP contribution in [0.25, 0.3) is 11.3 Å². The fraction of sp³-hybridized carbons (Fsp3) is 0.583. The van der Waals surface area contributed by atoms with Crippen molar-refractivity contribution in [3.8, 4) is 11.3 Å². The molecule has 1 atom stereocenters. The average Bonchev–Trinajstić information content (AvgIpc) is 2.92. The van der Waals surface area contributed by atoms with Crippen LogP contribution < -0.4 is 10.6 Å². The number of halogens is 3. The van der Waals surface area contributed by atoms with E-state index >= 15 is 4.39 Å². The van der Waals surface area contributed by atoms with Crippen LogP contribution in [0, 0.1) is 6.92 Å². The van der Waals surface area contributed by atoms with Crippen LogP contribution in [0.2, 0.25) is 0 Å². The highest BCUT2D eigenvalue weighted by Crippen LogP contribution is 2.45. The van der Waals surface area contributed by atoms with E-state index in [2.05, 4.69) is 35.0 Å². The maximum absolute atomic E-state index is 15.1. The smallest absolute Gasteiger partial charge is 0.235 e.